The van der Waals surface area contributed by atoms with Gasteiger partial charge in [-0.1, -0.05) is 18.2 Å². The summed E-state index contributed by atoms with van der Waals surface area (Å²) < 4.78 is 84.0. The summed E-state index contributed by atoms with van der Waals surface area (Å²) in [7, 11) is 1.09. The highest BCUT2D eigenvalue weighted by atomic mass is 32.2. The third-order valence-corrected chi connectivity index (χ3v) is 9.18. The Labute approximate surface area is 233 Å². The Hall–Kier alpha value is -2.54. The molecule has 1 atom stereocenters. The van der Waals surface area contributed by atoms with E-state index < -0.39 is 26.7 Å². The Balaban J connectivity index is 1.38. The molecule has 222 valence electrons. The van der Waals surface area contributed by atoms with Crippen LogP contribution in [0.1, 0.15) is 42.9 Å². The van der Waals surface area contributed by atoms with Crippen molar-refractivity contribution < 1.29 is 35.5 Å². The maximum absolute atomic E-state index is 13.8. The van der Waals surface area contributed by atoms with Crippen molar-refractivity contribution in [3.05, 3.63) is 65.5 Å². The van der Waals surface area contributed by atoms with Crippen LogP contribution in [0.15, 0.2) is 53.4 Å². The number of hydrogen-bond acceptors (Lipinski definition) is 5. The Morgan fingerprint density at radius 2 is 1.73 bits per heavy atom. The lowest BCUT2D eigenvalue weighted by molar-refractivity contribution is -0.137. The maximum Gasteiger partial charge on any atom is 0.416 e. The summed E-state index contributed by atoms with van der Waals surface area (Å²) in [5, 5.41) is 2.86. The molecule has 1 amide bonds. The van der Waals surface area contributed by atoms with Gasteiger partial charge in [0.2, 0.25) is 15.9 Å². The van der Waals surface area contributed by atoms with Crippen molar-refractivity contribution in [2.45, 2.75) is 42.8 Å². The van der Waals surface area contributed by atoms with Crippen LogP contribution in [0.3, 0.4) is 0 Å². The highest BCUT2D eigenvalue weighted by Crippen LogP contribution is 2.39. The predicted molar refractivity (Wildman–Crippen MR) is 143 cm³/mol. The second kappa shape index (κ2) is 13.9. The van der Waals surface area contributed by atoms with Gasteiger partial charge in [-0.25, -0.2) is 12.8 Å². The number of halogens is 4. The van der Waals surface area contributed by atoms with E-state index in [1.807, 2.05) is 20.2 Å². The number of ether oxygens (including phenoxy) is 1. The van der Waals surface area contributed by atoms with Crippen molar-refractivity contribution in [2.24, 2.45) is 11.8 Å². The van der Waals surface area contributed by atoms with Crippen molar-refractivity contribution in [2.75, 3.05) is 47.4 Å². The fourth-order valence-electron chi connectivity index (χ4n) is 5.19. The first-order valence-corrected chi connectivity index (χ1v) is 14.6. The fraction of sp³-hybridized carbons (Fsp3) is 0.536. The van der Waals surface area contributed by atoms with Crippen molar-refractivity contribution in [1.29, 1.82) is 0 Å². The van der Waals surface area contributed by atoms with Gasteiger partial charge in [-0.2, -0.15) is 17.5 Å². The molecule has 2 aromatic carbocycles. The summed E-state index contributed by atoms with van der Waals surface area (Å²) in [6.45, 7) is 0.0217. The molecule has 1 N–H and O–H groups in total. The highest BCUT2D eigenvalue weighted by Gasteiger charge is 2.33. The average molecular weight is 588 g/mol. The zero-order valence-electron chi connectivity index (χ0n) is 23.0. The van der Waals surface area contributed by atoms with E-state index in [-0.39, 0.29) is 37.5 Å². The molecule has 0 aromatic heterocycles. The van der Waals surface area contributed by atoms with Crippen LogP contribution in [-0.2, 0) is 25.7 Å². The number of rotatable bonds is 12. The minimum absolute atomic E-state index is 0.0980. The molecule has 0 aliphatic heterocycles. The number of hydrogen-bond donors (Lipinski definition) is 1. The molecule has 1 unspecified atom stereocenters. The third kappa shape index (κ3) is 8.73. The van der Waals surface area contributed by atoms with Crippen LogP contribution in [0.4, 0.5) is 17.6 Å². The van der Waals surface area contributed by atoms with E-state index in [4.69, 9.17) is 4.74 Å². The Morgan fingerprint density at radius 3 is 2.35 bits per heavy atom. The van der Waals surface area contributed by atoms with Gasteiger partial charge in [0.25, 0.3) is 0 Å². The van der Waals surface area contributed by atoms with Crippen molar-refractivity contribution in [3.63, 3.8) is 0 Å². The number of likely N-dealkylation sites (N-methyl/N-ethyl adjacent to an activating group) is 1. The van der Waals surface area contributed by atoms with E-state index in [1.54, 1.807) is 12.1 Å². The zero-order chi connectivity index (χ0) is 29.5. The Kier molecular flexibility index (Phi) is 11.1. The van der Waals surface area contributed by atoms with Crippen LogP contribution in [0.5, 0.6) is 0 Å². The normalized spacial score (nSPS) is 19.1. The summed E-state index contributed by atoms with van der Waals surface area (Å²) in [4.78, 5) is 13.9. The largest absolute Gasteiger partial charge is 0.416 e. The van der Waals surface area contributed by atoms with Gasteiger partial charge in [0.05, 0.1) is 17.1 Å². The van der Waals surface area contributed by atoms with Crippen LogP contribution in [0.25, 0.3) is 0 Å². The lowest BCUT2D eigenvalue weighted by atomic mass is 9.76. The molecule has 1 aliphatic rings. The summed E-state index contributed by atoms with van der Waals surface area (Å²) in [5.41, 5.74) is -0.0837. The lowest BCUT2D eigenvalue weighted by Gasteiger charge is -2.37. The standard InChI is InChI=1S/C28H37F4N3O4S/c1-34(2)27(22-6-4-8-24(29)16-22)21-12-10-20(11-13-21)18-33-26(36)19-39-15-14-35(3)40(37,38)25-9-5-7-23(17-25)28(30,31)32/h4-9,16-17,20-21,27H,10-15,18-19H2,1-3H3,(H,33,36). The second-order valence-corrected chi connectivity index (χ2v) is 12.5. The van der Waals surface area contributed by atoms with Gasteiger partial charge in [0.15, 0.2) is 0 Å². The van der Waals surface area contributed by atoms with Crippen LogP contribution in [-0.4, -0.2) is 71.0 Å². The molecule has 7 nitrogen and oxygen atoms in total. The third-order valence-electron chi connectivity index (χ3n) is 7.33. The number of amides is 1. The minimum atomic E-state index is -4.66. The molecule has 1 aliphatic carbocycles. The van der Waals surface area contributed by atoms with Crippen LogP contribution in [0.2, 0.25) is 0 Å². The molecule has 40 heavy (non-hydrogen) atoms. The number of carbonyl (C=O) groups excluding carboxylic acids is 1. The van der Waals surface area contributed by atoms with Gasteiger partial charge < -0.3 is 15.0 Å². The summed E-state index contributed by atoms with van der Waals surface area (Å²) in [6.07, 6.45) is -0.864. The van der Waals surface area contributed by atoms with Gasteiger partial charge in [0.1, 0.15) is 12.4 Å². The molecule has 0 bridgehead atoms. The maximum atomic E-state index is 13.8. The van der Waals surface area contributed by atoms with E-state index >= 15 is 0 Å². The highest BCUT2D eigenvalue weighted by molar-refractivity contribution is 7.89. The molecule has 1 fully saturated rings. The predicted octanol–water partition coefficient (Wildman–Crippen LogP) is 4.71. The number of nitrogens with one attached hydrogen (secondary N) is 1. The molecule has 12 heteroatoms. The Bertz CT molecular complexity index is 1230. The van der Waals surface area contributed by atoms with Crippen molar-refractivity contribution >= 4 is 15.9 Å². The van der Waals surface area contributed by atoms with Crippen LogP contribution >= 0.6 is 0 Å². The molecular weight excluding hydrogens is 550 g/mol. The first-order valence-electron chi connectivity index (χ1n) is 13.2. The first-order chi connectivity index (χ1) is 18.8. The summed E-state index contributed by atoms with van der Waals surface area (Å²) in [6, 6.07) is 10.4. The van der Waals surface area contributed by atoms with Crippen molar-refractivity contribution in [3.8, 4) is 0 Å². The molecule has 1 saturated carbocycles. The van der Waals surface area contributed by atoms with Gasteiger partial charge in [0, 0.05) is 26.2 Å². The molecule has 0 spiro atoms. The lowest BCUT2D eigenvalue weighted by Crippen LogP contribution is -2.36. The second-order valence-electron chi connectivity index (χ2n) is 10.5. The molecule has 0 saturated heterocycles. The number of sulfonamides is 1. The van der Waals surface area contributed by atoms with E-state index in [0.717, 1.165) is 53.8 Å². The number of benzene rings is 2. The topological polar surface area (TPSA) is 79.0 Å². The number of alkyl halides is 3. The smallest absolute Gasteiger partial charge is 0.370 e. The summed E-state index contributed by atoms with van der Waals surface area (Å²) >= 11 is 0. The fourth-order valence-corrected chi connectivity index (χ4v) is 6.39. The van der Waals surface area contributed by atoms with Crippen molar-refractivity contribution in [1.82, 2.24) is 14.5 Å². The molecular formula is C28H37F4N3O4S. The van der Waals surface area contributed by atoms with Crippen LogP contribution in [0, 0.1) is 17.7 Å². The molecule has 2 aromatic rings. The van der Waals surface area contributed by atoms with Gasteiger partial charge in [-0.15, -0.1) is 0 Å². The van der Waals surface area contributed by atoms with Gasteiger partial charge in [-0.05, 0) is 87.5 Å². The summed E-state index contributed by atoms with van der Waals surface area (Å²) in [5.74, 6) is 0.138. The van der Waals surface area contributed by atoms with Gasteiger partial charge in [-0.3, -0.25) is 4.79 Å². The zero-order valence-corrected chi connectivity index (χ0v) is 23.8. The minimum Gasteiger partial charge on any atom is -0.370 e. The number of carbonyl (C=O) groups is 1. The molecule has 0 radical (unpaired) electrons. The monoisotopic (exact) mass is 587 g/mol. The van der Waals surface area contributed by atoms with E-state index in [1.165, 1.54) is 13.1 Å². The molecule has 0 heterocycles. The van der Waals surface area contributed by atoms with E-state index in [2.05, 4.69) is 10.2 Å². The van der Waals surface area contributed by atoms with E-state index in [0.29, 0.717) is 24.4 Å². The average Bonchev–Trinajstić information content (AvgIpc) is 2.90. The number of nitrogens with zero attached hydrogens (tertiary/aromatic N) is 2. The van der Waals surface area contributed by atoms with Crippen LogP contribution < -0.4 is 5.32 Å². The molecule has 3 rings (SSSR count). The first kappa shape index (κ1) is 32.0. The van der Waals surface area contributed by atoms with E-state index in [9.17, 15) is 30.8 Å². The quantitative estimate of drug-likeness (QED) is 0.288. The van der Waals surface area contributed by atoms with Gasteiger partial charge >= 0.3 is 6.18 Å². The SMILES string of the molecule is CN(C)C(c1cccc(F)c1)C1CCC(CNC(=O)COCCN(C)S(=O)(=O)c2cccc(C(F)(F)F)c2)CC1. The Morgan fingerprint density at radius 1 is 1.05 bits per heavy atom.